The molecule has 0 saturated carbocycles. The highest BCUT2D eigenvalue weighted by molar-refractivity contribution is 5.57. The predicted molar refractivity (Wildman–Crippen MR) is 56.5 cm³/mol. The topological polar surface area (TPSA) is 9.23 Å². The van der Waals surface area contributed by atoms with Gasteiger partial charge in [0.2, 0.25) is 0 Å². The van der Waals surface area contributed by atoms with Crippen molar-refractivity contribution in [3.8, 4) is 5.75 Å². The van der Waals surface area contributed by atoms with Crippen LogP contribution in [-0.2, 0) is 6.42 Å². The van der Waals surface area contributed by atoms with Gasteiger partial charge < -0.3 is 4.74 Å². The fraction of sp³-hybridized carbons (Fsp3) is 0.231. The fourth-order valence-electron chi connectivity index (χ4n) is 2.02. The number of allylic oxidation sites excluding steroid dienone is 2. The highest BCUT2D eigenvalue weighted by atomic mass is 16.5. The maximum atomic E-state index is 5.72. The van der Waals surface area contributed by atoms with Gasteiger partial charge in [0.1, 0.15) is 5.22 Å². The van der Waals surface area contributed by atoms with E-state index >= 15 is 0 Å². The third kappa shape index (κ3) is 1.07. The molecule has 68 valence electrons. The zero-order chi connectivity index (χ0) is 9.38. The minimum Gasteiger partial charge on any atom is -0.483 e. The summed E-state index contributed by atoms with van der Waals surface area (Å²) < 4.78 is 5.72. The van der Waals surface area contributed by atoms with Gasteiger partial charge in [-0.15, -0.1) is 0 Å². The SMILES string of the molecule is [C+]1=c2ccc3c(c2=CC=C1)OCCC3. The summed E-state index contributed by atoms with van der Waals surface area (Å²) in [5.41, 5.74) is 1.34. The molecule has 0 fully saturated rings. The lowest BCUT2D eigenvalue weighted by atomic mass is 10.0. The van der Waals surface area contributed by atoms with E-state index in [1.165, 1.54) is 10.8 Å². The average molecular weight is 183 g/mol. The number of benzene rings is 1. The molecule has 1 nitrogen and oxygen atoms in total. The molecule has 1 heteroatoms. The highest BCUT2D eigenvalue weighted by Gasteiger charge is 2.15. The van der Waals surface area contributed by atoms with Crippen molar-refractivity contribution in [1.82, 2.24) is 0 Å². The number of ether oxygens (including phenoxy) is 1. The van der Waals surface area contributed by atoms with Crippen LogP contribution in [0.25, 0.3) is 12.2 Å². The summed E-state index contributed by atoms with van der Waals surface area (Å²) in [5.74, 6) is 1.07. The van der Waals surface area contributed by atoms with Gasteiger partial charge in [0.05, 0.1) is 12.7 Å². The van der Waals surface area contributed by atoms with Crippen LogP contribution in [0.15, 0.2) is 24.3 Å². The van der Waals surface area contributed by atoms with Crippen LogP contribution < -0.4 is 15.2 Å². The lowest BCUT2D eigenvalue weighted by Crippen LogP contribution is -2.30. The lowest BCUT2D eigenvalue weighted by Gasteiger charge is -2.15. The van der Waals surface area contributed by atoms with E-state index in [1.54, 1.807) is 0 Å². The smallest absolute Gasteiger partial charge is 0.175 e. The third-order valence-electron chi connectivity index (χ3n) is 2.71. The molecule has 1 aliphatic carbocycles. The van der Waals surface area contributed by atoms with E-state index in [-0.39, 0.29) is 0 Å². The molecule has 1 aromatic carbocycles. The van der Waals surface area contributed by atoms with Gasteiger partial charge in [-0.3, -0.25) is 0 Å². The van der Waals surface area contributed by atoms with Crippen LogP contribution in [0.2, 0.25) is 0 Å². The molecule has 1 heterocycles. The average Bonchev–Trinajstić information content (AvgIpc) is 2.29. The summed E-state index contributed by atoms with van der Waals surface area (Å²) in [6.07, 6.45) is 11.6. The minimum absolute atomic E-state index is 0.848. The molecule has 0 aromatic heterocycles. The second-order valence-corrected chi connectivity index (χ2v) is 3.64. The Kier molecular flexibility index (Phi) is 1.65. The number of hydrogen-bond acceptors (Lipinski definition) is 1. The second-order valence-electron chi connectivity index (χ2n) is 3.64. The first-order valence-corrected chi connectivity index (χ1v) is 5.00. The van der Waals surface area contributed by atoms with E-state index in [9.17, 15) is 0 Å². The van der Waals surface area contributed by atoms with E-state index in [4.69, 9.17) is 4.74 Å². The first kappa shape index (κ1) is 7.78. The molecule has 0 N–H and O–H groups in total. The van der Waals surface area contributed by atoms with E-state index in [2.05, 4.69) is 24.3 Å². The van der Waals surface area contributed by atoms with Gasteiger partial charge in [0.25, 0.3) is 0 Å². The van der Waals surface area contributed by atoms with Crippen LogP contribution >= 0.6 is 0 Å². The molecular formula is C13H11O+. The molecule has 0 atom stereocenters. The Hall–Kier alpha value is -1.59. The summed E-state index contributed by atoms with van der Waals surface area (Å²) in [4.78, 5) is 0. The molecule has 0 unspecified atom stereocenters. The van der Waals surface area contributed by atoms with Gasteiger partial charge in [-0.05, 0) is 18.9 Å². The lowest BCUT2D eigenvalue weighted by molar-refractivity contribution is 0.285. The summed E-state index contributed by atoms with van der Waals surface area (Å²) in [7, 11) is 0. The number of hydrogen-bond donors (Lipinski definition) is 0. The Labute approximate surface area is 83.0 Å². The zero-order valence-electron chi connectivity index (χ0n) is 7.92. The van der Waals surface area contributed by atoms with Crippen LogP contribution in [0.1, 0.15) is 12.0 Å². The minimum atomic E-state index is 0.848. The van der Waals surface area contributed by atoms with Crippen LogP contribution in [-0.4, -0.2) is 6.61 Å². The molecule has 0 radical (unpaired) electrons. The number of aryl methyl sites for hydroxylation is 1. The molecule has 0 amide bonds. The molecule has 0 bridgehead atoms. The van der Waals surface area contributed by atoms with Gasteiger partial charge >= 0.3 is 0 Å². The third-order valence-corrected chi connectivity index (χ3v) is 2.71. The summed E-state index contributed by atoms with van der Waals surface area (Å²) >= 11 is 0. The van der Waals surface area contributed by atoms with Crippen LogP contribution in [0, 0.1) is 0 Å². The molecule has 14 heavy (non-hydrogen) atoms. The summed E-state index contributed by atoms with van der Waals surface area (Å²) in [6.45, 7) is 0.848. The second kappa shape index (κ2) is 2.97. The van der Waals surface area contributed by atoms with Crippen LogP contribution in [0.4, 0.5) is 0 Å². The van der Waals surface area contributed by atoms with Crippen LogP contribution in [0.5, 0.6) is 5.75 Å². The maximum absolute atomic E-state index is 5.72. The van der Waals surface area contributed by atoms with Crippen molar-refractivity contribution >= 4 is 12.2 Å². The van der Waals surface area contributed by atoms with E-state index in [0.717, 1.165) is 30.4 Å². The van der Waals surface area contributed by atoms with E-state index in [0.29, 0.717) is 0 Å². The zero-order valence-corrected chi connectivity index (χ0v) is 7.92. The summed E-state index contributed by atoms with van der Waals surface area (Å²) in [5, 5.41) is 2.35. The molecule has 1 aromatic rings. The van der Waals surface area contributed by atoms with Gasteiger partial charge in [-0.1, -0.05) is 0 Å². The Morgan fingerprint density at radius 2 is 2.29 bits per heavy atom. The molecular weight excluding hydrogens is 172 g/mol. The van der Waals surface area contributed by atoms with E-state index < -0.39 is 0 Å². The monoisotopic (exact) mass is 183 g/mol. The molecule has 2 aliphatic rings. The van der Waals surface area contributed by atoms with Crippen molar-refractivity contribution in [3.63, 3.8) is 0 Å². The first-order chi connectivity index (χ1) is 6.95. The largest absolute Gasteiger partial charge is 0.483 e. The van der Waals surface area contributed by atoms with Crippen LogP contribution in [0.3, 0.4) is 0 Å². The van der Waals surface area contributed by atoms with Crippen molar-refractivity contribution in [2.75, 3.05) is 6.61 Å². The normalized spacial score (nSPS) is 16.6. The Morgan fingerprint density at radius 1 is 1.29 bits per heavy atom. The molecule has 0 saturated heterocycles. The molecule has 1 aliphatic heterocycles. The van der Waals surface area contributed by atoms with E-state index in [1.807, 2.05) is 12.2 Å². The van der Waals surface area contributed by atoms with Crippen molar-refractivity contribution in [2.45, 2.75) is 12.8 Å². The van der Waals surface area contributed by atoms with Gasteiger partial charge in [0.15, 0.2) is 11.0 Å². The van der Waals surface area contributed by atoms with Crippen molar-refractivity contribution < 1.29 is 4.74 Å². The fourth-order valence-corrected chi connectivity index (χ4v) is 2.02. The quantitative estimate of drug-likeness (QED) is 0.546. The van der Waals surface area contributed by atoms with Gasteiger partial charge in [0, 0.05) is 29.9 Å². The van der Waals surface area contributed by atoms with Gasteiger partial charge in [-0.2, -0.15) is 0 Å². The Balaban J connectivity index is 2.36. The molecule has 0 spiro atoms. The number of rotatable bonds is 0. The number of fused-ring (bicyclic) bond motifs is 3. The Morgan fingerprint density at radius 3 is 3.29 bits per heavy atom. The maximum Gasteiger partial charge on any atom is 0.175 e. The Bertz CT molecular complexity index is 509. The van der Waals surface area contributed by atoms with Crippen molar-refractivity contribution in [1.29, 1.82) is 0 Å². The first-order valence-electron chi connectivity index (χ1n) is 5.00. The van der Waals surface area contributed by atoms with Crippen molar-refractivity contribution in [2.24, 2.45) is 0 Å². The van der Waals surface area contributed by atoms with Gasteiger partial charge in [-0.25, -0.2) is 0 Å². The standard InChI is InChI=1S/C13H11O/c1-2-6-12-10(4-1)7-8-11-5-3-9-14-13(11)12/h1-2,6-8H,3,5,9H2/q+1. The highest BCUT2D eigenvalue weighted by Crippen LogP contribution is 2.18. The predicted octanol–water partition coefficient (Wildman–Crippen LogP) is 1.02. The summed E-state index contributed by atoms with van der Waals surface area (Å²) in [6, 6.07) is 4.29. The van der Waals surface area contributed by atoms with Crippen molar-refractivity contribution in [3.05, 3.63) is 40.3 Å². The molecule has 3 rings (SSSR count).